The lowest BCUT2D eigenvalue weighted by atomic mass is 10.2. The Morgan fingerprint density at radius 2 is 2.15 bits per heavy atom. The number of carbonyl (C=O) groups is 1. The summed E-state index contributed by atoms with van der Waals surface area (Å²) in [5.74, 6) is 0.678. The summed E-state index contributed by atoms with van der Waals surface area (Å²) in [7, 11) is 0. The molecular formula is C14H24N4O2. The molecule has 112 valence electrons. The molecule has 1 heterocycles. The molecule has 0 bridgehead atoms. The monoisotopic (exact) mass is 280 g/mol. The summed E-state index contributed by atoms with van der Waals surface area (Å²) in [6, 6.07) is 0. The molecule has 20 heavy (non-hydrogen) atoms. The van der Waals surface area contributed by atoms with Crippen LogP contribution >= 0.6 is 0 Å². The number of carbonyl (C=O) groups excluding carboxylic acids is 1. The zero-order chi connectivity index (χ0) is 15.0. The first-order valence-electron chi connectivity index (χ1n) is 7.10. The predicted molar refractivity (Wildman–Crippen MR) is 79.7 cm³/mol. The number of nitrogens with one attached hydrogen (secondary N) is 2. The van der Waals surface area contributed by atoms with Gasteiger partial charge in [-0.05, 0) is 12.3 Å². The number of hydrogen-bond acceptors (Lipinski definition) is 4. The minimum absolute atomic E-state index is 0.0159. The number of nitrogens with zero attached hydrogens (tertiary/aromatic N) is 2. The van der Waals surface area contributed by atoms with E-state index in [1.165, 1.54) is 0 Å². The van der Waals surface area contributed by atoms with Gasteiger partial charge in [-0.3, -0.25) is 9.59 Å². The molecule has 1 amide bonds. The van der Waals surface area contributed by atoms with Crippen molar-refractivity contribution in [2.75, 3.05) is 18.4 Å². The Balaban J connectivity index is 2.52. The maximum atomic E-state index is 12.1. The average Bonchev–Trinajstić information content (AvgIpc) is 2.40. The summed E-state index contributed by atoms with van der Waals surface area (Å²) >= 11 is 0. The molecule has 0 aliphatic rings. The van der Waals surface area contributed by atoms with Crippen LogP contribution in [0.15, 0.2) is 17.2 Å². The summed E-state index contributed by atoms with van der Waals surface area (Å²) in [6.45, 7) is 7.86. The Morgan fingerprint density at radius 3 is 2.80 bits per heavy atom. The molecule has 0 unspecified atom stereocenters. The maximum absolute atomic E-state index is 12.1. The average molecular weight is 280 g/mol. The molecule has 1 aromatic heterocycles. The van der Waals surface area contributed by atoms with E-state index in [1.807, 2.05) is 6.92 Å². The highest BCUT2D eigenvalue weighted by atomic mass is 16.1. The van der Waals surface area contributed by atoms with E-state index >= 15 is 0 Å². The van der Waals surface area contributed by atoms with E-state index in [0.717, 1.165) is 6.42 Å². The van der Waals surface area contributed by atoms with Crippen LogP contribution in [0.2, 0.25) is 0 Å². The van der Waals surface area contributed by atoms with Crippen LogP contribution in [0, 0.1) is 5.92 Å². The third-order valence-electron chi connectivity index (χ3n) is 2.69. The minimum Gasteiger partial charge on any atom is -0.365 e. The zero-order valence-corrected chi connectivity index (χ0v) is 12.5. The van der Waals surface area contributed by atoms with Crippen molar-refractivity contribution >= 4 is 11.7 Å². The molecule has 0 spiro atoms. The van der Waals surface area contributed by atoms with Gasteiger partial charge in [0.25, 0.3) is 5.56 Å². The van der Waals surface area contributed by atoms with Crippen LogP contribution < -0.4 is 16.2 Å². The Hall–Kier alpha value is -1.85. The first-order valence-corrected chi connectivity index (χ1v) is 7.10. The van der Waals surface area contributed by atoms with Gasteiger partial charge >= 0.3 is 0 Å². The third kappa shape index (κ3) is 5.42. The summed E-state index contributed by atoms with van der Waals surface area (Å²) in [4.78, 5) is 27.6. The van der Waals surface area contributed by atoms with Crippen LogP contribution in [0.3, 0.4) is 0 Å². The van der Waals surface area contributed by atoms with Crippen molar-refractivity contribution in [2.24, 2.45) is 5.92 Å². The van der Waals surface area contributed by atoms with Crippen LogP contribution in [0.4, 0.5) is 5.82 Å². The normalized spacial score (nSPS) is 10.6. The van der Waals surface area contributed by atoms with Gasteiger partial charge < -0.3 is 15.2 Å². The Bertz CT molecular complexity index is 482. The lowest BCUT2D eigenvalue weighted by Crippen LogP contribution is -2.29. The smallest absolute Gasteiger partial charge is 0.293 e. The molecule has 0 atom stereocenters. The second-order valence-electron chi connectivity index (χ2n) is 5.15. The number of hydrogen-bond donors (Lipinski definition) is 2. The molecule has 1 aromatic rings. The van der Waals surface area contributed by atoms with Crippen molar-refractivity contribution in [3.05, 3.63) is 22.7 Å². The highest BCUT2D eigenvalue weighted by Crippen LogP contribution is 1.98. The molecule has 6 nitrogen and oxygen atoms in total. The molecule has 0 aliphatic carbocycles. The third-order valence-corrected chi connectivity index (χ3v) is 2.69. The molecule has 6 heteroatoms. The van der Waals surface area contributed by atoms with Gasteiger partial charge in [0.1, 0.15) is 0 Å². The summed E-state index contributed by atoms with van der Waals surface area (Å²) in [6.07, 6.45) is 4.53. The lowest BCUT2D eigenvalue weighted by molar-refractivity contribution is -0.120. The van der Waals surface area contributed by atoms with Crippen molar-refractivity contribution in [2.45, 2.75) is 40.2 Å². The summed E-state index contributed by atoms with van der Waals surface area (Å²) < 4.78 is 1.64. The van der Waals surface area contributed by atoms with Gasteiger partial charge in [-0.25, -0.2) is 4.98 Å². The van der Waals surface area contributed by atoms with E-state index in [-0.39, 0.29) is 11.5 Å². The van der Waals surface area contributed by atoms with E-state index < -0.39 is 0 Å². The first kappa shape index (κ1) is 16.2. The largest absolute Gasteiger partial charge is 0.365 e. The molecule has 2 N–H and O–H groups in total. The fourth-order valence-electron chi connectivity index (χ4n) is 1.75. The molecule has 0 aliphatic heterocycles. The van der Waals surface area contributed by atoms with Crippen LogP contribution in [-0.4, -0.2) is 28.5 Å². The van der Waals surface area contributed by atoms with Crippen molar-refractivity contribution in [1.82, 2.24) is 14.9 Å². The van der Waals surface area contributed by atoms with E-state index in [9.17, 15) is 9.59 Å². The molecule has 0 saturated heterocycles. The Kier molecular flexibility index (Phi) is 6.76. The quantitative estimate of drug-likeness (QED) is 0.751. The zero-order valence-electron chi connectivity index (χ0n) is 12.5. The Morgan fingerprint density at radius 1 is 1.40 bits per heavy atom. The van der Waals surface area contributed by atoms with E-state index in [4.69, 9.17) is 0 Å². The molecular weight excluding hydrogens is 256 g/mol. The molecule has 1 rings (SSSR count). The second kappa shape index (κ2) is 8.35. The highest BCUT2D eigenvalue weighted by molar-refractivity contribution is 5.76. The molecule has 0 aromatic carbocycles. The van der Waals surface area contributed by atoms with Crippen LogP contribution in [0.1, 0.15) is 33.6 Å². The lowest BCUT2D eigenvalue weighted by Gasteiger charge is -2.10. The number of amides is 1. The summed E-state index contributed by atoms with van der Waals surface area (Å²) in [5.41, 5.74) is -0.143. The van der Waals surface area contributed by atoms with Crippen LogP contribution in [0.25, 0.3) is 0 Å². The van der Waals surface area contributed by atoms with E-state index in [0.29, 0.717) is 37.8 Å². The van der Waals surface area contributed by atoms with Gasteiger partial charge in [0, 0.05) is 38.4 Å². The topological polar surface area (TPSA) is 76.0 Å². The van der Waals surface area contributed by atoms with Crippen LogP contribution in [0.5, 0.6) is 0 Å². The highest BCUT2D eigenvalue weighted by Gasteiger charge is 2.06. The van der Waals surface area contributed by atoms with E-state index in [2.05, 4.69) is 29.5 Å². The van der Waals surface area contributed by atoms with Gasteiger partial charge in [-0.1, -0.05) is 20.8 Å². The van der Waals surface area contributed by atoms with Crippen LogP contribution in [-0.2, 0) is 11.3 Å². The maximum Gasteiger partial charge on any atom is 0.293 e. The fourth-order valence-corrected chi connectivity index (χ4v) is 1.75. The predicted octanol–water partition coefficient (Wildman–Crippen LogP) is 1.23. The van der Waals surface area contributed by atoms with Gasteiger partial charge in [-0.15, -0.1) is 0 Å². The van der Waals surface area contributed by atoms with Gasteiger partial charge in [0.2, 0.25) is 5.91 Å². The number of aromatic nitrogens is 2. The van der Waals surface area contributed by atoms with Gasteiger partial charge in [0.05, 0.1) is 0 Å². The van der Waals surface area contributed by atoms with Gasteiger partial charge in [0.15, 0.2) is 5.82 Å². The summed E-state index contributed by atoms with van der Waals surface area (Å²) in [5, 5.41) is 5.72. The molecule has 0 saturated carbocycles. The van der Waals surface area contributed by atoms with Crippen molar-refractivity contribution in [3.63, 3.8) is 0 Å². The number of anilines is 1. The SMILES string of the molecule is CCCNC(=O)CCNc1nccn(CC(C)C)c1=O. The van der Waals surface area contributed by atoms with Crippen molar-refractivity contribution in [1.29, 1.82) is 0 Å². The van der Waals surface area contributed by atoms with Crippen molar-refractivity contribution < 1.29 is 4.79 Å². The molecule has 0 fully saturated rings. The second-order valence-corrected chi connectivity index (χ2v) is 5.15. The number of rotatable bonds is 8. The van der Waals surface area contributed by atoms with E-state index in [1.54, 1.807) is 17.0 Å². The Labute approximate surface area is 119 Å². The fraction of sp³-hybridized carbons (Fsp3) is 0.643. The van der Waals surface area contributed by atoms with Gasteiger partial charge in [-0.2, -0.15) is 0 Å². The van der Waals surface area contributed by atoms with Crippen molar-refractivity contribution in [3.8, 4) is 0 Å². The standard InChI is InChI=1S/C14H24N4O2/c1-4-6-15-12(19)5-7-16-13-14(20)18(9-8-17-13)10-11(2)3/h8-9,11H,4-7,10H2,1-3H3,(H,15,19)(H,16,17). The first-order chi connectivity index (χ1) is 9.54. The molecule has 0 radical (unpaired) electrons. The minimum atomic E-state index is -0.143.